The van der Waals surface area contributed by atoms with Crippen LogP contribution in [0.3, 0.4) is 0 Å². The molecule has 4 N–H and O–H groups in total. The number of primary amides is 1. The lowest BCUT2D eigenvalue weighted by atomic mass is 10.0. The largest absolute Gasteiger partial charge is 0.457 e. The lowest BCUT2D eigenvalue weighted by molar-refractivity contribution is -0.139. The second kappa shape index (κ2) is 12.5. The molecule has 0 saturated carbocycles. The fourth-order valence-corrected chi connectivity index (χ4v) is 4.43. The van der Waals surface area contributed by atoms with Gasteiger partial charge in [-0.25, -0.2) is 9.78 Å². The summed E-state index contributed by atoms with van der Waals surface area (Å²) in [4.78, 5) is 43.6. The maximum atomic E-state index is 13.4. The number of amides is 3. The van der Waals surface area contributed by atoms with Crippen LogP contribution in [0.15, 0.2) is 72.9 Å². The molecule has 1 aliphatic heterocycles. The van der Waals surface area contributed by atoms with E-state index in [-0.39, 0.29) is 12.3 Å². The zero-order valence-corrected chi connectivity index (χ0v) is 22.9. The second-order valence-corrected chi connectivity index (χ2v) is 10.6. The van der Waals surface area contributed by atoms with E-state index < -0.39 is 29.7 Å². The van der Waals surface area contributed by atoms with Crippen LogP contribution in [0.2, 0.25) is 0 Å². The Hall–Kier alpha value is -4.60. The molecule has 0 unspecified atom stereocenters. The molecule has 0 radical (unpaired) electrons. The molecular weight excluding hydrogens is 510 g/mol. The van der Waals surface area contributed by atoms with Crippen LogP contribution in [0.25, 0.3) is 0 Å². The van der Waals surface area contributed by atoms with Gasteiger partial charge in [-0.2, -0.15) is 0 Å². The highest BCUT2D eigenvalue weighted by molar-refractivity contribution is 5.91. The molecule has 2 aromatic carbocycles. The summed E-state index contributed by atoms with van der Waals surface area (Å²) in [6.07, 6.45) is 2.40. The van der Waals surface area contributed by atoms with Crippen molar-refractivity contribution in [2.24, 2.45) is 5.73 Å². The van der Waals surface area contributed by atoms with E-state index in [4.69, 9.17) is 15.2 Å². The minimum atomic E-state index is -0.930. The van der Waals surface area contributed by atoms with E-state index in [1.165, 1.54) is 4.90 Å². The summed E-state index contributed by atoms with van der Waals surface area (Å²) in [5.41, 5.74) is 6.47. The summed E-state index contributed by atoms with van der Waals surface area (Å²) >= 11 is 0. The topological polar surface area (TPSA) is 136 Å². The van der Waals surface area contributed by atoms with Gasteiger partial charge in [0.15, 0.2) is 0 Å². The third-order valence-electron chi connectivity index (χ3n) is 6.24. The van der Waals surface area contributed by atoms with Gasteiger partial charge in [0.1, 0.15) is 35.0 Å². The van der Waals surface area contributed by atoms with Gasteiger partial charge in [0.25, 0.3) is 0 Å². The van der Waals surface area contributed by atoms with Crippen LogP contribution in [-0.2, 0) is 20.7 Å². The Morgan fingerprint density at radius 3 is 2.30 bits per heavy atom. The smallest absolute Gasteiger partial charge is 0.408 e. The minimum Gasteiger partial charge on any atom is -0.457 e. The van der Waals surface area contributed by atoms with Gasteiger partial charge in [0, 0.05) is 24.8 Å². The lowest BCUT2D eigenvalue weighted by Gasteiger charge is -2.29. The van der Waals surface area contributed by atoms with Crippen LogP contribution in [0.5, 0.6) is 11.5 Å². The third kappa shape index (κ3) is 7.95. The zero-order valence-electron chi connectivity index (χ0n) is 22.9. The van der Waals surface area contributed by atoms with E-state index in [1.807, 2.05) is 54.6 Å². The SMILES string of the molecule is CC(C)(C)OC(=O)N[C@@H](Cc1ccc(Oc2ccc(Nc3ccccn3)cc2)cc1)C(=O)N1CCC[C@H]1C(N)=O. The van der Waals surface area contributed by atoms with E-state index in [2.05, 4.69) is 15.6 Å². The van der Waals surface area contributed by atoms with Crippen LogP contribution in [0.4, 0.5) is 16.3 Å². The van der Waals surface area contributed by atoms with E-state index in [9.17, 15) is 14.4 Å². The zero-order chi connectivity index (χ0) is 28.7. The van der Waals surface area contributed by atoms with Crippen molar-refractivity contribution in [3.8, 4) is 11.5 Å². The minimum absolute atomic E-state index is 0.203. The molecule has 1 aromatic heterocycles. The van der Waals surface area contributed by atoms with Crippen molar-refractivity contribution in [2.45, 2.75) is 57.7 Å². The van der Waals surface area contributed by atoms with Crippen LogP contribution in [0.1, 0.15) is 39.2 Å². The molecular formula is C30H35N5O5. The first-order valence-corrected chi connectivity index (χ1v) is 13.2. The maximum Gasteiger partial charge on any atom is 0.408 e. The average Bonchev–Trinajstić information content (AvgIpc) is 3.40. The standard InChI is InChI=1S/C30H35N5O5/c1-30(2,3)40-29(38)34-24(28(37)35-18-6-7-25(35)27(31)36)19-20-9-13-22(14-10-20)39-23-15-11-21(12-16-23)33-26-8-4-5-17-32-26/h4-5,8-17,24-25H,6-7,18-19H2,1-3H3,(H2,31,36)(H,32,33)(H,34,38)/t24-,25-/m0/s1. The molecule has 2 atom stereocenters. The fourth-order valence-electron chi connectivity index (χ4n) is 4.43. The molecule has 1 fully saturated rings. The van der Waals surface area contributed by atoms with Crippen molar-refractivity contribution >= 4 is 29.4 Å². The summed E-state index contributed by atoms with van der Waals surface area (Å²) in [5.74, 6) is 1.10. The van der Waals surface area contributed by atoms with Crippen molar-refractivity contribution in [1.29, 1.82) is 0 Å². The monoisotopic (exact) mass is 545 g/mol. The molecule has 4 rings (SSSR count). The Bertz CT molecular complexity index is 1310. The molecule has 1 aliphatic rings. The molecule has 210 valence electrons. The first-order chi connectivity index (χ1) is 19.1. The average molecular weight is 546 g/mol. The number of nitrogens with two attached hydrogens (primary N) is 1. The van der Waals surface area contributed by atoms with E-state index in [0.29, 0.717) is 30.9 Å². The summed E-state index contributed by atoms with van der Waals surface area (Å²) < 4.78 is 11.4. The first kappa shape index (κ1) is 28.4. The normalized spacial score (nSPS) is 15.7. The van der Waals surface area contributed by atoms with Crippen LogP contribution in [0, 0.1) is 0 Å². The van der Waals surface area contributed by atoms with Gasteiger partial charge >= 0.3 is 6.09 Å². The number of ether oxygens (including phenoxy) is 2. The third-order valence-corrected chi connectivity index (χ3v) is 6.24. The van der Waals surface area contributed by atoms with Crippen LogP contribution < -0.4 is 21.1 Å². The predicted molar refractivity (Wildman–Crippen MR) is 151 cm³/mol. The van der Waals surface area contributed by atoms with Crippen molar-refractivity contribution in [3.63, 3.8) is 0 Å². The first-order valence-electron chi connectivity index (χ1n) is 13.2. The molecule has 1 saturated heterocycles. The number of aromatic nitrogens is 1. The van der Waals surface area contributed by atoms with Crippen molar-refractivity contribution in [2.75, 3.05) is 11.9 Å². The molecule has 0 bridgehead atoms. The summed E-state index contributed by atoms with van der Waals surface area (Å²) in [6, 6.07) is 18.8. The van der Waals surface area contributed by atoms with Gasteiger partial charge in [-0.15, -0.1) is 0 Å². The number of benzene rings is 2. The predicted octanol–water partition coefficient (Wildman–Crippen LogP) is 4.53. The van der Waals surface area contributed by atoms with Gasteiger partial charge in [0.2, 0.25) is 11.8 Å². The lowest BCUT2D eigenvalue weighted by Crippen LogP contribution is -2.54. The van der Waals surface area contributed by atoms with Gasteiger partial charge in [-0.3, -0.25) is 9.59 Å². The number of nitrogens with zero attached hydrogens (tertiary/aromatic N) is 2. The number of carbonyl (C=O) groups is 3. The Kier molecular flexibility index (Phi) is 8.88. The van der Waals surface area contributed by atoms with Crippen LogP contribution in [-0.4, -0.2) is 52.0 Å². The number of hydrogen-bond donors (Lipinski definition) is 3. The number of nitrogens with one attached hydrogen (secondary N) is 2. The number of likely N-dealkylation sites (tertiary alicyclic amines) is 1. The summed E-state index contributed by atoms with van der Waals surface area (Å²) in [7, 11) is 0. The summed E-state index contributed by atoms with van der Waals surface area (Å²) in [5, 5.41) is 5.91. The highest BCUT2D eigenvalue weighted by Gasteiger charge is 2.37. The number of pyridine rings is 1. The van der Waals surface area contributed by atoms with Crippen molar-refractivity contribution in [3.05, 3.63) is 78.5 Å². The number of alkyl carbamates (subject to hydrolysis) is 1. The van der Waals surface area contributed by atoms with Crippen molar-refractivity contribution in [1.82, 2.24) is 15.2 Å². The molecule has 3 amide bonds. The molecule has 3 aromatic rings. The summed E-state index contributed by atoms with van der Waals surface area (Å²) in [6.45, 7) is 5.64. The molecule has 0 aliphatic carbocycles. The fraction of sp³-hybridized carbons (Fsp3) is 0.333. The Morgan fingerprint density at radius 2 is 1.70 bits per heavy atom. The molecule has 0 spiro atoms. The Labute approximate surface area is 233 Å². The Morgan fingerprint density at radius 1 is 1.02 bits per heavy atom. The molecule has 10 heteroatoms. The van der Waals surface area contributed by atoms with Crippen LogP contribution >= 0.6 is 0 Å². The molecule has 10 nitrogen and oxygen atoms in total. The van der Waals surface area contributed by atoms with Gasteiger partial charge in [-0.05, 0) is 87.7 Å². The van der Waals surface area contributed by atoms with Crippen molar-refractivity contribution < 1.29 is 23.9 Å². The maximum absolute atomic E-state index is 13.4. The highest BCUT2D eigenvalue weighted by atomic mass is 16.6. The molecule has 40 heavy (non-hydrogen) atoms. The highest BCUT2D eigenvalue weighted by Crippen LogP contribution is 2.25. The van der Waals surface area contributed by atoms with Gasteiger partial charge in [0.05, 0.1) is 0 Å². The number of anilines is 2. The molecule has 2 heterocycles. The van der Waals surface area contributed by atoms with Gasteiger partial charge in [-0.1, -0.05) is 18.2 Å². The van der Waals surface area contributed by atoms with E-state index >= 15 is 0 Å². The van der Waals surface area contributed by atoms with E-state index in [1.54, 1.807) is 39.1 Å². The second-order valence-electron chi connectivity index (χ2n) is 10.6. The quantitative estimate of drug-likeness (QED) is 0.359. The number of rotatable bonds is 9. The van der Waals surface area contributed by atoms with E-state index in [0.717, 1.165) is 17.1 Å². The number of carbonyl (C=O) groups excluding carboxylic acids is 3. The number of hydrogen-bond acceptors (Lipinski definition) is 7. The van der Waals surface area contributed by atoms with Gasteiger partial charge < -0.3 is 30.7 Å². The Balaban J connectivity index is 1.42.